The Morgan fingerprint density at radius 1 is 1.12 bits per heavy atom. The van der Waals surface area contributed by atoms with Gasteiger partial charge < -0.3 is 9.84 Å². The minimum Gasteiger partial charge on any atom is -0.508 e. The van der Waals surface area contributed by atoms with Crippen LogP contribution in [0.15, 0.2) is 42.5 Å². The van der Waals surface area contributed by atoms with Crippen molar-refractivity contribution >= 4 is 11.6 Å². The minimum absolute atomic E-state index is 0.0478. The highest BCUT2D eigenvalue weighted by atomic mass is 35.5. The molecule has 0 saturated heterocycles. The molecule has 0 bridgehead atoms. The first kappa shape index (κ1) is 11.7. The van der Waals surface area contributed by atoms with Crippen LogP contribution < -0.4 is 4.74 Å². The molecule has 2 aromatic rings. The smallest absolute Gasteiger partial charge is 0.124 e. The first-order valence-electron chi connectivity index (χ1n) is 5.00. The first-order chi connectivity index (χ1) is 8.13. The van der Waals surface area contributed by atoms with Gasteiger partial charge in [0.15, 0.2) is 0 Å². The fraction of sp³-hybridized carbons (Fsp3) is 0.0769. The SMILES string of the molecule is Oc1cc(Cl)cc(OCc2ccc(F)cc2)c1. The maximum absolute atomic E-state index is 12.7. The normalized spacial score (nSPS) is 10.2. The number of phenols is 1. The van der Waals surface area contributed by atoms with E-state index < -0.39 is 0 Å². The van der Waals surface area contributed by atoms with E-state index in [0.29, 0.717) is 17.4 Å². The molecule has 0 aliphatic heterocycles. The molecule has 0 unspecified atom stereocenters. The molecule has 0 fully saturated rings. The van der Waals surface area contributed by atoms with Crippen molar-refractivity contribution in [1.82, 2.24) is 0 Å². The summed E-state index contributed by atoms with van der Waals surface area (Å²) in [6.07, 6.45) is 0. The van der Waals surface area contributed by atoms with Gasteiger partial charge >= 0.3 is 0 Å². The highest BCUT2D eigenvalue weighted by Crippen LogP contribution is 2.25. The Bertz CT molecular complexity index is 491. The lowest BCUT2D eigenvalue weighted by molar-refractivity contribution is 0.304. The Kier molecular flexibility index (Phi) is 3.49. The van der Waals surface area contributed by atoms with E-state index in [1.165, 1.54) is 24.3 Å². The molecule has 4 heteroatoms. The van der Waals surface area contributed by atoms with Crippen LogP contribution in [0.5, 0.6) is 11.5 Å². The zero-order valence-corrected chi connectivity index (χ0v) is 9.62. The lowest BCUT2D eigenvalue weighted by Crippen LogP contribution is -1.95. The monoisotopic (exact) mass is 252 g/mol. The van der Waals surface area contributed by atoms with Gasteiger partial charge in [-0.2, -0.15) is 0 Å². The molecular formula is C13H10ClFO2. The van der Waals surface area contributed by atoms with Crippen molar-refractivity contribution in [2.45, 2.75) is 6.61 Å². The third-order valence-electron chi connectivity index (χ3n) is 2.17. The van der Waals surface area contributed by atoms with E-state index in [2.05, 4.69) is 0 Å². The van der Waals surface area contributed by atoms with Crippen LogP contribution in [0.2, 0.25) is 5.02 Å². The van der Waals surface area contributed by atoms with E-state index >= 15 is 0 Å². The summed E-state index contributed by atoms with van der Waals surface area (Å²) >= 11 is 5.76. The fourth-order valence-corrected chi connectivity index (χ4v) is 1.60. The average Bonchev–Trinajstić information content (AvgIpc) is 2.27. The van der Waals surface area contributed by atoms with E-state index in [0.717, 1.165) is 5.56 Å². The summed E-state index contributed by atoms with van der Waals surface area (Å²) < 4.78 is 18.1. The third-order valence-corrected chi connectivity index (χ3v) is 2.39. The van der Waals surface area contributed by atoms with E-state index in [1.54, 1.807) is 18.2 Å². The summed E-state index contributed by atoms with van der Waals surface area (Å²) in [5.74, 6) is 0.236. The van der Waals surface area contributed by atoms with Gasteiger partial charge in [0.05, 0.1) is 0 Å². The van der Waals surface area contributed by atoms with Crippen LogP contribution in [0.25, 0.3) is 0 Å². The molecule has 2 nitrogen and oxygen atoms in total. The number of benzene rings is 2. The quantitative estimate of drug-likeness (QED) is 0.901. The number of aromatic hydroxyl groups is 1. The van der Waals surface area contributed by atoms with Crippen molar-refractivity contribution in [3.05, 3.63) is 58.9 Å². The average molecular weight is 253 g/mol. The summed E-state index contributed by atoms with van der Waals surface area (Å²) in [4.78, 5) is 0. The highest BCUT2D eigenvalue weighted by Gasteiger charge is 2.00. The van der Waals surface area contributed by atoms with Gasteiger partial charge in [-0.15, -0.1) is 0 Å². The van der Waals surface area contributed by atoms with Crippen molar-refractivity contribution in [2.75, 3.05) is 0 Å². The van der Waals surface area contributed by atoms with Crippen LogP contribution in [0, 0.1) is 5.82 Å². The number of hydrogen-bond donors (Lipinski definition) is 1. The Hall–Kier alpha value is -1.74. The predicted octanol–water partition coefficient (Wildman–Crippen LogP) is 3.76. The molecule has 0 aromatic heterocycles. The van der Waals surface area contributed by atoms with Gasteiger partial charge in [-0.25, -0.2) is 4.39 Å². The number of halogens is 2. The zero-order valence-electron chi connectivity index (χ0n) is 8.86. The lowest BCUT2D eigenvalue weighted by Gasteiger charge is -2.07. The molecule has 0 aliphatic rings. The Balaban J connectivity index is 2.04. The first-order valence-corrected chi connectivity index (χ1v) is 5.38. The van der Waals surface area contributed by atoms with Crippen LogP contribution in [-0.2, 0) is 6.61 Å². The van der Waals surface area contributed by atoms with Crippen LogP contribution in [0.3, 0.4) is 0 Å². The van der Waals surface area contributed by atoms with Gasteiger partial charge in [0.25, 0.3) is 0 Å². The van der Waals surface area contributed by atoms with Gasteiger partial charge in [-0.05, 0) is 29.8 Å². The van der Waals surface area contributed by atoms with E-state index in [9.17, 15) is 9.50 Å². The second kappa shape index (κ2) is 5.06. The molecule has 88 valence electrons. The highest BCUT2D eigenvalue weighted by molar-refractivity contribution is 6.30. The molecule has 2 rings (SSSR count). The summed E-state index contributed by atoms with van der Waals surface area (Å²) in [5, 5.41) is 9.72. The summed E-state index contributed by atoms with van der Waals surface area (Å²) in [6, 6.07) is 10.5. The maximum atomic E-state index is 12.7. The van der Waals surface area contributed by atoms with Crippen LogP contribution >= 0.6 is 11.6 Å². The minimum atomic E-state index is -0.283. The van der Waals surface area contributed by atoms with Crippen molar-refractivity contribution in [3.63, 3.8) is 0 Å². The van der Waals surface area contributed by atoms with Gasteiger partial charge in [-0.3, -0.25) is 0 Å². The molecule has 0 aliphatic carbocycles. The molecule has 1 N–H and O–H groups in total. The van der Waals surface area contributed by atoms with Crippen LogP contribution in [0.1, 0.15) is 5.56 Å². The molecule has 0 atom stereocenters. The zero-order chi connectivity index (χ0) is 12.3. The maximum Gasteiger partial charge on any atom is 0.124 e. The van der Waals surface area contributed by atoms with E-state index in [1.807, 2.05) is 0 Å². The lowest BCUT2D eigenvalue weighted by atomic mass is 10.2. The Morgan fingerprint density at radius 3 is 2.47 bits per heavy atom. The molecular weight excluding hydrogens is 243 g/mol. The Morgan fingerprint density at radius 2 is 1.82 bits per heavy atom. The van der Waals surface area contributed by atoms with E-state index in [4.69, 9.17) is 16.3 Å². The molecule has 0 heterocycles. The second-order valence-electron chi connectivity index (χ2n) is 3.56. The number of phenolic OH excluding ortho intramolecular Hbond substituents is 1. The van der Waals surface area contributed by atoms with Gasteiger partial charge in [0, 0.05) is 11.1 Å². The largest absolute Gasteiger partial charge is 0.508 e. The summed E-state index contributed by atoms with van der Waals surface area (Å²) in [5.41, 5.74) is 0.839. The summed E-state index contributed by atoms with van der Waals surface area (Å²) in [6.45, 7) is 0.292. The predicted molar refractivity (Wildman–Crippen MR) is 63.8 cm³/mol. The van der Waals surface area contributed by atoms with E-state index in [-0.39, 0.29) is 11.6 Å². The van der Waals surface area contributed by atoms with Crippen molar-refractivity contribution < 1.29 is 14.2 Å². The van der Waals surface area contributed by atoms with Crippen LogP contribution in [-0.4, -0.2) is 5.11 Å². The Labute approximate surface area is 103 Å². The number of hydrogen-bond acceptors (Lipinski definition) is 2. The van der Waals surface area contributed by atoms with Crippen molar-refractivity contribution in [1.29, 1.82) is 0 Å². The summed E-state index contributed by atoms with van der Waals surface area (Å²) in [7, 11) is 0. The van der Waals surface area contributed by atoms with Crippen molar-refractivity contribution in [3.8, 4) is 11.5 Å². The number of rotatable bonds is 3. The standard InChI is InChI=1S/C13H10ClFO2/c14-10-5-12(16)7-13(6-10)17-8-9-1-3-11(15)4-2-9/h1-7,16H,8H2. The van der Waals surface area contributed by atoms with Crippen molar-refractivity contribution in [2.24, 2.45) is 0 Å². The molecule has 0 amide bonds. The second-order valence-corrected chi connectivity index (χ2v) is 4.00. The topological polar surface area (TPSA) is 29.5 Å². The molecule has 17 heavy (non-hydrogen) atoms. The third kappa shape index (κ3) is 3.36. The fourth-order valence-electron chi connectivity index (χ4n) is 1.38. The van der Waals surface area contributed by atoms with Gasteiger partial charge in [0.2, 0.25) is 0 Å². The molecule has 0 spiro atoms. The van der Waals surface area contributed by atoms with Crippen LogP contribution in [0.4, 0.5) is 4.39 Å². The van der Waals surface area contributed by atoms with Gasteiger partial charge in [0.1, 0.15) is 23.9 Å². The molecule has 0 radical (unpaired) electrons. The molecule has 0 saturated carbocycles. The molecule has 2 aromatic carbocycles. The van der Waals surface area contributed by atoms with Gasteiger partial charge in [-0.1, -0.05) is 23.7 Å². The number of ether oxygens (including phenoxy) is 1.